The van der Waals surface area contributed by atoms with Crippen molar-refractivity contribution in [1.82, 2.24) is 14.7 Å². The van der Waals surface area contributed by atoms with Gasteiger partial charge in [-0.3, -0.25) is 14.5 Å². The fourth-order valence-corrected chi connectivity index (χ4v) is 3.82. The highest BCUT2D eigenvalue weighted by Crippen LogP contribution is 2.21. The first-order valence-electron chi connectivity index (χ1n) is 9.38. The Morgan fingerprint density at radius 3 is 2.12 bits per heavy atom. The van der Waals surface area contributed by atoms with Crippen LogP contribution in [0.3, 0.4) is 0 Å². The van der Waals surface area contributed by atoms with E-state index in [0.29, 0.717) is 24.8 Å². The number of nitrogens with two attached hydrogens (primary N) is 1. The molecule has 6 nitrogen and oxygen atoms in total. The van der Waals surface area contributed by atoms with Gasteiger partial charge in [-0.25, -0.2) is 0 Å². The van der Waals surface area contributed by atoms with Crippen LogP contribution in [0.15, 0.2) is 0 Å². The van der Waals surface area contributed by atoms with Gasteiger partial charge in [0.15, 0.2) is 0 Å². The van der Waals surface area contributed by atoms with E-state index in [4.69, 9.17) is 5.73 Å². The van der Waals surface area contributed by atoms with Crippen LogP contribution in [0.1, 0.15) is 40.0 Å². The van der Waals surface area contributed by atoms with E-state index in [2.05, 4.69) is 18.7 Å². The third-order valence-electron chi connectivity index (χ3n) is 5.12. The number of rotatable bonds is 5. The predicted octanol–water partition coefficient (Wildman–Crippen LogP) is 0.763. The molecule has 3 unspecified atom stereocenters. The first kappa shape index (κ1) is 19.2. The number of piperazine rings is 1. The van der Waals surface area contributed by atoms with Crippen molar-refractivity contribution in [2.75, 3.05) is 45.8 Å². The normalized spacial score (nSPS) is 27.2. The van der Waals surface area contributed by atoms with Crippen molar-refractivity contribution >= 4 is 11.8 Å². The van der Waals surface area contributed by atoms with Crippen molar-refractivity contribution in [3.8, 4) is 0 Å². The van der Waals surface area contributed by atoms with Gasteiger partial charge < -0.3 is 15.5 Å². The van der Waals surface area contributed by atoms with Crippen molar-refractivity contribution in [3.63, 3.8) is 0 Å². The van der Waals surface area contributed by atoms with Gasteiger partial charge in [-0.15, -0.1) is 0 Å². The second kappa shape index (κ2) is 8.81. The van der Waals surface area contributed by atoms with Gasteiger partial charge in [0.1, 0.15) is 0 Å². The number of likely N-dealkylation sites (tertiary alicyclic amines) is 1. The van der Waals surface area contributed by atoms with Crippen LogP contribution in [0.4, 0.5) is 0 Å². The summed E-state index contributed by atoms with van der Waals surface area (Å²) < 4.78 is 0. The smallest absolute Gasteiger partial charge is 0.236 e. The van der Waals surface area contributed by atoms with E-state index < -0.39 is 0 Å². The SMILES string of the molecule is CC(N)CCC(=O)N1CCN(CC(=O)N2CC(C)CC(C)C2)CC1. The Bertz CT molecular complexity index is 423. The van der Waals surface area contributed by atoms with Crippen LogP contribution >= 0.6 is 0 Å². The average molecular weight is 338 g/mol. The summed E-state index contributed by atoms with van der Waals surface area (Å²) >= 11 is 0. The Morgan fingerprint density at radius 2 is 1.58 bits per heavy atom. The summed E-state index contributed by atoms with van der Waals surface area (Å²) in [6.45, 7) is 11.7. The zero-order valence-electron chi connectivity index (χ0n) is 15.5. The first-order chi connectivity index (χ1) is 11.3. The van der Waals surface area contributed by atoms with Crippen LogP contribution in [-0.2, 0) is 9.59 Å². The summed E-state index contributed by atoms with van der Waals surface area (Å²) in [6, 6.07) is 0.0715. The minimum Gasteiger partial charge on any atom is -0.341 e. The molecular formula is C18H34N4O2. The van der Waals surface area contributed by atoms with Crippen molar-refractivity contribution in [1.29, 1.82) is 0 Å². The molecule has 2 aliphatic heterocycles. The number of hydrogen-bond acceptors (Lipinski definition) is 4. The second-order valence-electron chi connectivity index (χ2n) is 7.92. The highest BCUT2D eigenvalue weighted by molar-refractivity contribution is 5.78. The topological polar surface area (TPSA) is 69.9 Å². The molecule has 2 aliphatic rings. The second-order valence-corrected chi connectivity index (χ2v) is 7.92. The van der Waals surface area contributed by atoms with Crippen LogP contribution in [0.5, 0.6) is 0 Å². The van der Waals surface area contributed by atoms with Crippen molar-refractivity contribution in [3.05, 3.63) is 0 Å². The quantitative estimate of drug-likeness (QED) is 0.804. The number of carbonyl (C=O) groups is 2. The van der Waals surface area contributed by atoms with Gasteiger partial charge in [0.2, 0.25) is 11.8 Å². The van der Waals surface area contributed by atoms with E-state index >= 15 is 0 Å². The lowest BCUT2D eigenvalue weighted by Gasteiger charge is -2.38. The molecule has 0 bridgehead atoms. The van der Waals surface area contributed by atoms with Crippen LogP contribution < -0.4 is 5.73 Å². The Hall–Kier alpha value is -1.14. The summed E-state index contributed by atoms with van der Waals surface area (Å²) in [5.74, 6) is 1.62. The van der Waals surface area contributed by atoms with Crippen molar-refractivity contribution < 1.29 is 9.59 Å². The number of piperidine rings is 1. The third-order valence-corrected chi connectivity index (χ3v) is 5.12. The van der Waals surface area contributed by atoms with E-state index in [9.17, 15) is 9.59 Å². The van der Waals surface area contributed by atoms with Crippen molar-refractivity contribution in [2.45, 2.75) is 46.1 Å². The third kappa shape index (κ3) is 5.74. The molecule has 0 spiro atoms. The average Bonchev–Trinajstić information content (AvgIpc) is 2.52. The molecule has 0 saturated carbocycles. The number of nitrogens with zero attached hydrogens (tertiary/aromatic N) is 3. The van der Waals surface area contributed by atoms with Gasteiger partial charge in [0.05, 0.1) is 6.54 Å². The highest BCUT2D eigenvalue weighted by atomic mass is 16.2. The lowest BCUT2D eigenvalue weighted by molar-refractivity contribution is -0.137. The molecule has 0 aromatic carbocycles. The molecule has 2 fully saturated rings. The van der Waals surface area contributed by atoms with Crippen LogP contribution in [0, 0.1) is 11.8 Å². The fourth-order valence-electron chi connectivity index (χ4n) is 3.82. The monoisotopic (exact) mass is 338 g/mol. The Morgan fingerprint density at radius 1 is 1.00 bits per heavy atom. The Labute approximate surface area is 146 Å². The summed E-state index contributed by atoms with van der Waals surface area (Å²) in [7, 11) is 0. The maximum atomic E-state index is 12.5. The number of amides is 2. The van der Waals surface area contributed by atoms with Gasteiger partial charge in [0, 0.05) is 51.7 Å². The first-order valence-corrected chi connectivity index (χ1v) is 9.38. The molecule has 6 heteroatoms. The lowest BCUT2D eigenvalue weighted by Crippen LogP contribution is -2.53. The fraction of sp³-hybridized carbons (Fsp3) is 0.889. The van der Waals surface area contributed by atoms with Gasteiger partial charge in [-0.2, -0.15) is 0 Å². The zero-order valence-corrected chi connectivity index (χ0v) is 15.5. The molecule has 138 valence electrons. The molecular weight excluding hydrogens is 304 g/mol. The molecule has 24 heavy (non-hydrogen) atoms. The maximum Gasteiger partial charge on any atom is 0.236 e. The molecule has 0 aliphatic carbocycles. The molecule has 0 radical (unpaired) electrons. The van der Waals surface area contributed by atoms with E-state index in [0.717, 1.165) is 45.7 Å². The van der Waals surface area contributed by atoms with Crippen LogP contribution in [0.25, 0.3) is 0 Å². The van der Waals surface area contributed by atoms with E-state index in [1.54, 1.807) is 0 Å². The zero-order chi connectivity index (χ0) is 17.7. The van der Waals surface area contributed by atoms with E-state index in [1.165, 1.54) is 6.42 Å². The lowest BCUT2D eigenvalue weighted by atomic mass is 9.92. The molecule has 2 rings (SSSR count). The number of hydrogen-bond donors (Lipinski definition) is 1. The number of carbonyl (C=O) groups excluding carboxylic acids is 2. The van der Waals surface area contributed by atoms with Crippen molar-refractivity contribution in [2.24, 2.45) is 17.6 Å². The minimum atomic E-state index is 0.0715. The van der Waals surface area contributed by atoms with Crippen LogP contribution in [-0.4, -0.2) is 78.4 Å². The molecule has 2 saturated heterocycles. The van der Waals surface area contributed by atoms with E-state index in [-0.39, 0.29) is 17.9 Å². The maximum absolute atomic E-state index is 12.5. The molecule has 3 atom stereocenters. The standard InChI is InChI=1S/C18H34N4O2/c1-14-10-15(2)12-22(11-14)18(24)13-20-6-8-21(9-7-20)17(23)5-4-16(3)19/h14-16H,4-13,19H2,1-3H3. The predicted molar refractivity (Wildman–Crippen MR) is 95.4 cm³/mol. The van der Waals surface area contributed by atoms with Gasteiger partial charge in [-0.05, 0) is 31.6 Å². The largest absolute Gasteiger partial charge is 0.341 e. The molecule has 2 N–H and O–H groups in total. The van der Waals surface area contributed by atoms with Crippen LogP contribution in [0.2, 0.25) is 0 Å². The van der Waals surface area contributed by atoms with Gasteiger partial charge in [-0.1, -0.05) is 13.8 Å². The molecule has 0 aromatic rings. The Balaban J connectivity index is 1.72. The Kier molecular flexibility index (Phi) is 7.04. The molecule has 2 amide bonds. The van der Waals surface area contributed by atoms with Gasteiger partial charge >= 0.3 is 0 Å². The summed E-state index contributed by atoms with van der Waals surface area (Å²) in [6.07, 6.45) is 2.48. The summed E-state index contributed by atoms with van der Waals surface area (Å²) in [5.41, 5.74) is 5.72. The highest BCUT2D eigenvalue weighted by Gasteiger charge is 2.28. The summed E-state index contributed by atoms with van der Waals surface area (Å²) in [4.78, 5) is 30.8. The van der Waals surface area contributed by atoms with E-state index in [1.807, 2.05) is 16.7 Å². The molecule has 0 aromatic heterocycles. The minimum absolute atomic E-state index is 0.0715. The summed E-state index contributed by atoms with van der Waals surface area (Å²) in [5, 5.41) is 0. The van der Waals surface area contributed by atoms with Gasteiger partial charge in [0.25, 0.3) is 0 Å². The molecule has 2 heterocycles.